The highest BCUT2D eigenvalue weighted by atomic mass is 14.1. The fraction of sp³-hybridized carbons (Fsp3) is 0.0400. The van der Waals surface area contributed by atoms with Crippen LogP contribution < -0.4 is 0 Å². The molecule has 0 aromatic heterocycles. The molecule has 0 radical (unpaired) electrons. The van der Waals surface area contributed by atoms with Crippen LogP contribution >= 0.6 is 0 Å². The maximum absolute atomic E-state index is 2.28. The lowest BCUT2D eigenvalue weighted by Gasteiger charge is -2.11. The monoisotopic (exact) mass is 318 g/mol. The number of hydrogen-bond donors (Lipinski definition) is 0. The van der Waals surface area contributed by atoms with Crippen LogP contribution in [0.1, 0.15) is 12.5 Å². The molecule has 118 valence electrons. The molecular formula is C25H18. The summed E-state index contributed by atoms with van der Waals surface area (Å²) < 4.78 is 0. The van der Waals surface area contributed by atoms with Gasteiger partial charge in [0.1, 0.15) is 0 Å². The van der Waals surface area contributed by atoms with Crippen molar-refractivity contribution in [1.29, 1.82) is 0 Å². The van der Waals surface area contributed by atoms with Gasteiger partial charge >= 0.3 is 0 Å². The van der Waals surface area contributed by atoms with Gasteiger partial charge in [-0.25, -0.2) is 0 Å². The zero-order valence-electron chi connectivity index (χ0n) is 14.2. The minimum atomic E-state index is 1.25. The Balaban J connectivity index is 1.97. The molecule has 0 saturated heterocycles. The van der Waals surface area contributed by atoms with Crippen molar-refractivity contribution in [3.05, 3.63) is 90.5 Å². The zero-order valence-corrected chi connectivity index (χ0v) is 14.2. The molecule has 0 heterocycles. The number of benzene rings is 5. The summed E-state index contributed by atoms with van der Waals surface area (Å²) in [7, 11) is 0. The Kier molecular flexibility index (Phi) is 3.11. The van der Waals surface area contributed by atoms with Gasteiger partial charge in [-0.05, 0) is 61.6 Å². The lowest BCUT2D eigenvalue weighted by molar-refractivity contribution is 1.70. The van der Waals surface area contributed by atoms with Crippen molar-refractivity contribution >= 4 is 49.2 Å². The Labute approximate surface area is 147 Å². The molecule has 0 fully saturated rings. The molecule has 25 heavy (non-hydrogen) atoms. The first-order valence-electron chi connectivity index (χ1n) is 8.75. The van der Waals surface area contributed by atoms with Crippen molar-refractivity contribution in [1.82, 2.24) is 0 Å². The maximum atomic E-state index is 2.28. The van der Waals surface area contributed by atoms with Gasteiger partial charge in [-0.3, -0.25) is 0 Å². The molecule has 0 bridgehead atoms. The van der Waals surface area contributed by atoms with Gasteiger partial charge in [0.15, 0.2) is 0 Å². The third-order valence-corrected chi connectivity index (χ3v) is 5.10. The van der Waals surface area contributed by atoms with E-state index in [0.29, 0.717) is 0 Å². The van der Waals surface area contributed by atoms with Crippen molar-refractivity contribution in [2.24, 2.45) is 0 Å². The molecule has 0 N–H and O–H groups in total. The van der Waals surface area contributed by atoms with E-state index in [4.69, 9.17) is 0 Å². The third kappa shape index (κ3) is 2.15. The Morgan fingerprint density at radius 1 is 0.560 bits per heavy atom. The van der Waals surface area contributed by atoms with Gasteiger partial charge in [-0.15, -0.1) is 0 Å². The van der Waals surface area contributed by atoms with Gasteiger partial charge in [-0.2, -0.15) is 0 Å². The molecule has 0 aliphatic heterocycles. The second kappa shape index (κ2) is 5.46. The summed E-state index contributed by atoms with van der Waals surface area (Å²) in [5, 5.41) is 10.6. The minimum Gasteiger partial charge on any atom is -0.0871 e. The van der Waals surface area contributed by atoms with E-state index in [1.165, 1.54) is 48.7 Å². The molecule has 5 rings (SSSR count). The predicted octanol–water partition coefficient (Wildman–Crippen LogP) is 7.33. The average Bonchev–Trinajstić information content (AvgIpc) is 2.67. The average molecular weight is 318 g/mol. The normalized spacial score (nSPS) is 12.0. The first kappa shape index (κ1) is 14.2. The van der Waals surface area contributed by atoms with E-state index in [1.807, 2.05) is 0 Å². The number of fused-ring (bicyclic) bond motifs is 7. The molecule has 5 aromatic carbocycles. The van der Waals surface area contributed by atoms with Crippen LogP contribution in [0.5, 0.6) is 0 Å². The Bertz CT molecular complexity index is 1290. The summed E-state index contributed by atoms with van der Waals surface area (Å²) in [6.07, 6.45) is 4.24. The smallest absolute Gasteiger partial charge is 0.00266 e. The quantitative estimate of drug-likeness (QED) is 0.284. The van der Waals surface area contributed by atoms with Crippen molar-refractivity contribution in [2.45, 2.75) is 6.92 Å². The van der Waals surface area contributed by atoms with Crippen molar-refractivity contribution in [2.75, 3.05) is 0 Å². The van der Waals surface area contributed by atoms with E-state index >= 15 is 0 Å². The lowest BCUT2D eigenvalue weighted by Crippen LogP contribution is -1.84. The summed E-state index contributed by atoms with van der Waals surface area (Å²) in [5.41, 5.74) is 1.25. The molecular weight excluding hydrogens is 300 g/mol. The zero-order chi connectivity index (χ0) is 16.8. The second-order valence-corrected chi connectivity index (χ2v) is 6.59. The summed E-state index contributed by atoms with van der Waals surface area (Å²) >= 11 is 0. The first-order valence-corrected chi connectivity index (χ1v) is 8.75. The van der Waals surface area contributed by atoms with Crippen LogP contribution in [0.4, 0.5) is 0 Å². The fourth-order valence-corrected chi connectivity index (χ4v) is 3.97. The lowest BCUT2D eigenvalue weighted by atomic mass is 9.93. The molecule has 0 unspecified atom stereocenters. The van der Waals surface area contributed by atoms with Gasteiger partial charge in [0, 0.05) is 0 Å². The van der Waals surface area contributed by atoms with Gasteiger partial charge in [-0.1, -0.05) is 84.9 Å². The number of hydrogen-bond acceptors (Lipinski definition) is 0. The van der Waals surface area contributed by atoms with Crippen LogP contribution in [0, 0.1) is 0 Å². The molecule has 0 nitrogen and oxygen atoms in total. The van der Waals surface area contributed by atoms with Crippen molar-refractivity contribution in [3.8, 4) is 0 Å². The molecule has 0 aliphatic carbocycles. The highest BCUT2D eigenvalue weighted by Crippen LogP contribution is 2.35. The van der Waals surface area contributed by atoms with Crippen molar-refractivity contribution < 1.29 is 0 Å². The SMILES string of the molecule is C/C=C/c1ccc2c(ccc3ccc4c5ccccc5ccc4c32)c1. The molecule has 0 saturated carbocycles. The second-order valence-electron chi connectivity index (χ2n) is 6.59. The van der Waals surface area contributed by atoms with Gasteiger partial charge in [0.05, 0.1) is 0 Å². The van der Waals surface area contributed by atoms with Gasteiger partial charge in [0.2, 0.25) is 0 Å². The highest BCUT2D eigenvalue weighted by Gasteiger charge is 2.08. The van der Waals surface area contributed by atoms with E-state index in [1.54, 1.807) is 0 Å². The molecule has 0 aliphatic rings. The first-order chi connectivity index (χ1) is 12.3. The highest BCUT2D eigenvalue weighted by molar-refractivity contribution is 6.24. The molecule has 0 amide bonds. The van der Waals surface area contributed by atoms with Crippen LogP contribution in [0.15, 0.2) is 84.9 Å². The predicted molar refractivity (Wildman–Crippen MR) is 111 cm³/mol. The molecule has 5 aromatic rings. The summed E-state index contributed by atoms with van der Waals surface area (Å²) in [6, 6.07) is 28.9. The van der Waals surface area contributed by atoms with E-state index < -0.39 is 0 Å². The third-order valence-electron chi connectivity index (χ3n) is 5.10. The minimum absolute atomic E-state index is 1.25. The van der Waals surface area contributed by atoms with Gasteiger partial charge in [0.25, 0.3) is 0 Å². The summed E-state index contributed by atoms with van der Waals surface area (Å²) in [6.45, 7) is 2.06. The molecule has 0 atom stereocenters. The Morgan fingerprint density at radius 3 is 2.20 bits per heavy atom. The van der Waals surface area contributed by atoms with E-state index in [2.05, 4.69) is 97.9 Å². The van der Waals surface area contributed by atoms with Crippen molar-refractivity contribution in [3.63, 3.8) is 0 Å². The van der Waals surface area contributed by atoms with Crippen LogP contribution in [0.25, 0.3) is 49.2 Å². The van der Waals surface area contributed by atoms with E-state index in [0.717, 1.165) is 0 Å². The molecule has 0 heteroatoms. The van der Waals surface area contributed by atoms with Crippen LogP contribution in [-0.2, 0) is 0 Å². The summed E-state index contributed by atoms with van der Waals surface area (Å²) in [4.78, 5) is 0. The van der Waals surface area contributed by atoms with E-state index in [-0.39, 0.29) is 0 Å². The van der Waals surface area contributed by atoms with Crippen LogP contribution in [0.3, 0.4) is 0 Å². The standard InChI is InChI=1S/C25H18/c1-2-5-17-8-13-22-20(16-17)10-9-19-12-14-23-21-7-4-3-6-18(21)11-15-24(23)25(19)22/h2-16H,1H3/b5-2+. The fourth-order valence-electron chi connectivity index (χ4n) is 3.97. The van der Waals surface area contributed by atoms with Gasteiger partial charge < -0.3 is 0 Å². The Hall–Kier alpha value is -3.12. The molecule has 0 spiro atoms. The largest absolute Gasteiger partial charge is 0.0871 e. The summed E-state index contributed by atoms with van der Waals surface area (Å²) in [5.74, 6) is 0. The number of rotatable bonds is 1. The van der Waals surface area contributed by atoms with Crippen LogP contribution in [0.2, 0.25) is 0 Å². The Morgan fingerprint density at radius 2 is 1.28 bits per heavy atom. The number of allylic oxidation sites excluding steroid dienone is 1. The van der Waals surface area contributed by atoms with E-state index in [9.17, 15) is 0 Å². The topological polar surface area (TPSA) is 0 Å². The maximum Gasteiger partial charge on any atom is -0.00266 e. The van der Waals surface area contributed by atoms with Crippen LogP contribution in [-0.4, -0.2) is 0 Å².